The van der Waals surface area contributed by atoms with E-state index in [9.17, 15) is 9.59 Å². The molecule has 0 spiro atoms. The molecule has 0 atom stereocenters. The predicted octanol–water partition coefficient (Wildman–Crippen LogP) is 1.31. The summed E-state index contributed by atoms with van der Waals surface area (Å²) in [4.78, 5) is 25.0. The normalized spacial score (nSPS) is 10.2. The lowest BCUT2D eigenvalue weighted by molar-refractivity contribution is -0.131. The summed E-state index contributed by atoms with van der Waals surface area (Å²) < 4.78 is 0. The van der Waals surface area contributed by atoms with Crippen LogP contribution in [-0.2, 0) is 9.59 Å². The highest BCUT2D eigenvalue weighted by Gasteiger charge is 1.99. The molecule has 6 heteroatoms. The van der Waals surface area contributed by atoms with E-state index in [0.29, 0.717) is 10.8 Å². The quantitative estimate of drug-likeness (QED) is 0.762. The Hall–Kier alpha value is -1.88. The summed E-state index contributed by atoms with van der Waals surface area (Å²) in [7, 11) is 0. The van der Waals surface area contributed by atoms with Crippen molar-refractivity contribution in [2.75, 3.05) is 5.32 Å². The Kier molecular flexibility index (Phi) is 3.82. The maximum atomic E-state index is 11.1. The number of carboxylic acids is 1. The van der Waals surface area contributed by atoms with Crippen molar-refractivity contribution in [2.45, 2.75) is 0 Å². The van der Waals surface area contributed by atoms with Crippen LogP contribution in [-0.4, -0.2) is 22.0 Å². The van der Waals surface area contributed by atoms with Gasteiger partial charge in [0.15, 0.2) is 0 Å². The van der Waals surface area contributed by atoms with Crippen molar-refractivity contribution < 1.29 is 14.7 Å². The smallest absolute Gasteiger partial charge is 0.328 e. The highest BCUT2D eigenvalue weighted by Crippen LogP contribution is 2.09. The van der Waals surface area contributed by atoms with Gasteiger partial charge in [0.05, 0.1) is 5.02 Å². The molecular weight excluding hydrogens is 220 g/mol. The van der Waals surface area contributed by atoms with Crippen molar-refractivity contribution >= 4 is 29.3 Å². The van der Waals surface area contributed by atoms with Crippen LogP contribution in [0, 0.1) is 0 Å². The number of hydrogen-bond acceptors (Lipinski definition) is 3. The van der Waals surface area contributed by atoms with E-state index >= 15 is 0 Å². The summed E-state index contributed by atoms with van der Waals surface area (Å²) in [6.07, 6.45) is 3.02. The molecule has 78 valence electrons. The number of anilines is 1. The number of aromatic nitrogens is 1. The molecule has 0 aromatic carbocycles. The minimum atomic E-state index is -1.19. The molecule has 0 unspecified atom stereocenters. The van der Waals surface area contributed by atoms with Crippen LogP contribution < -0.4 is 5.32 Å². The van der Waals surface area contributed by atoms with Gasteiger partial charge >= 0.3 is 5.97 Å². The summed E-state index contributed by atoms with van der Waals surface area (Å²) in [6, 6.07) is 3.07. The van der Waals surface area contributed by atoms with Gasteiger partial charge in [0.25, 0.3) is 0 Å². The van der Waals surface area contributed by atoms with Gasteiger partial charge in [-0.15, -0.1) is 0 Å². The first-order valence-electron chi connectivity index (χ1n) is 3.91. The fourth-order valence-corrected chi connectivity index (χ4v) is 0.876. The van der Waals surface area contributed by atoms with Crippen molar-refractivity contribution in [1.29, 1.82) is 0 Å². The van der Waals surface area contributed by atoms with Crippen LogP contribution in [0.1, 0.15) is 0 Å². The summed E-state index contributed by atoms with van der Waals surface area (Å²) in [5.41, 5.74) is 0. The van der Waals surface area contributed by atoms with Gasteiger partial charge in [-0.3, -0.25) is 4.79 Å². The zero-order valence-electron chi connectivity index (χ0n) is 7.48. The third-order valence-electron chi connectivity index (χ3n) is 1.36. The lowest BCUT2D eigenvalue weighted by Gasteiger charge is -1.99. The number of rotatable bonds is 3. The molecule has 0 radical (unpaired) electrons. The van der Waals surface area contributed by atoms with Crippen molar-refractivity contribution in [3.05, 3.63) is 35.5 Å². The number of hydrogen-bond donors (Lipinski definition) is 2. The first-order valence-corrected chi connectivity index (χ1v) is 4.29. The van der Waals surface area contributed by atoms with Crippen molar-refractivity contribution in [3.8, 4) is 0 Å². The Labute approximate surface area is 90.4 Å². The van der Waals surface area contributed by atoms with Gasteiger partial charge in [0, 0.05) is 18.3 Å². The molecule has 0 saturated carbocycles. The van der Waals surface area contributed by atoms with Crippen LogP contribution in [0.4, 0.5) is 5.82 Å². The van der Waals surface area contributed by atoms with Crippen LogP contribution in [0.3, 0.4) is 0 Å². The van der Waals surface area contributed by atoms with Crippen molar-refractivity contribution in [1.82, 2.24) is 4.98 Å². The van der Waals surface area contributed by atoms with E-state index in [1.165, 1.54) is 12.3 Å². The number of nitrogens with zero attached hydrogens (tertiary/aromatic N) is 1. The van der Waals surface area contributed by atoms with Crippen LogP contribution in [0.2, 0.25) is 5.02 Å². The SMILES string of the molecule is O=C(O)/C=C\C(=O)Nc1ccc(Cl)cn1. The van der Waals surface area contributed by atoms with Crippen LogP contribution in [0.15, 0.2) is 30.5 Å². The van der Waals surface area contributed by atoms with E-state index in [2.05, 4.69) is 10.3 Å². The molecule has 1 heterocycles. The standard InChI is InChI=1S/C9H7ClN2O3/c10-6-1-2-7(11-5-6)12-8(13)3-4-9(14)15/h1-5H,(H,14,15)(H,11,12,13)/b4-3-. The lowest BCUT2D eigenvalue weighted by Crippen LogP contribution is -2.09. The zero-order valence-corrected chi connectivity index (χ0v) is 8.23. The number of carboxylic acid groups (broad SMARTS) is 1. The monoisotopic (exact) mass is 226 g/mol. The second-order valence-corrected chi connectivity index (χ2v) is 2.96. The third-order valence-corrected chi connectivity index (χ3v) is 1.58. The predicted molar refractivity (Wildman–Crippen MR) is 54.7 cm³/mol. The van der Waals surface area contributed by atoms with Gasteiger partial charge in [-0.1, -0.05) is 11.6 Å². The first kappa shape index (κ1) is 11.2. The first-order chi connectivity index (χ1) is 7.08. The minimum Gasteiger partial charge on any atom is -0.478 e. The van der Waals surface area contributed by atoms with E-state index < -0.39 is 11.9 Å². The Morgan fingerprint density at radius 2 is 2.13 bits per heavy atom. The average molecular weight is 227 g/mol. The largest absolute Gasteiger partial charge is 0.478 e. The van der Waals surface area contributed by atoms with Gasteiger partial charge in [-0.05, 0) is 12.1 Å². The van der Waals surface area contributed by atoms with Gasteiger partial charge in [-0.2, -0.15) is 0 Å². The zero-order chi connectivity index (χ0) is 11.3. The molecule has 0 bridgehead atoms. The molecule has 0 aliphatic rings. The Morgan fingerprint density at radius 1 is 1.40 bits per heavy atom. The molecule has 1 aromatic rings. The van der Waals surface area contributed by atoms with Crippen LogP contribution >= 0.6 is 11.6 Å². The van der Waals surface area contributed by atoms with Crippen molar-refractivity contribution in [3.63, 3.8) is 0 Å². The number of aliphatic carboxylic acids is 1. The molecular formula is C9H7ClN2O3. The summed E-state index contributed by atoms with van der Waals surface area (Å²) >= 11 is 5.58. The number of amides is 1. The molecule has 0 saturated heterocycles. The number of carbonyl (C=O) groups is 2. The third kappa shape index (κ3) is 4.24. The van der Waals surface area contributed by atoms with Gasteiger partial charge < -0.3 is 10.4 Å². The highest BCUT2D eigenvalue weighted by molar-refractivity contribution is 6.30. The van der Waals surface area contributed by atoms with Gasteiger partial charge in [0.2, 0.25) is 5.91 Å². The van der Waals surface area contributed by atoms with E-state index in [1.807, 2.05) is 0 Å². The van der Waals surface area contributed by atoms with E-state index in [-0.39, 0.29) is 0 Å². The molecule has 0 aliphatic heterocycles. The maximum absolute atomic E-state index is 11.1. The Morgan fingerprint density at radius 3 is 2.67 bits per heavy atom. The number of carbonyl (C=O) groups excluding carboxylic acids is 1. The topological polar surface area (TPSA) is 79.3 Å². The molecule has 1 aromatic heterocycles. The molecule has 0 fully saturated rings. The highest BCUT2D eigenvalue weighted by atomic mass is 35.5. The van der Waals surface area contributed by atoms with Crippen LogP contribution in [0.5, 0.6) is 0 Å². The Bertz CT molecular complexity index is 400. The fourth-order valence-electron chi connectivity index (χ4n) is 0.765. The molecule has 1 amide bonds. The average Bonchev–Trinajstić information content (AvgIpc) is 2.19. The van der Waals surface area contributed by atoms with E-state index in [1.54, 1.807) is 6.07 Å². The summed E-state index contributed by atoms with van der Waals surface area (Å²) in [6.45, 7) is 0. The maximum Gasteiger partial charge on any atom is 0.328 e. The van der Waals surface area contributed by atoms with E-state index in [4.69, 9.17) is 16.7 Å². The fraction of sp³-hybridized carbons (Fsp3) is 0. The Balaban J connectivity index is 2.59. The molecule has 15 heavy (non-hydrogen) atoms. The number of halogens is 1. The van der Waals surface area contributed by atoms with Crippen LogP contribution in [0.25, 0.3) is 0 Å². The summed E-state index contributed by atoms with van der Waals surface area (Å²) in [5, 5.41) is 11.1. The molecule has 0 aliphatic carbocycles. The van der Waals surface area contributed by atoms with E-state index in [0.717, 1.165) is 12.2 Å². The lowest BCUT2D eigenvalue weighted by atomic mass is 10.4. The van der Waals surface area contributed by atoms with Crippen molar-refractivity contribution in [2.24, 2.45) is 0 Å². The molecule has 2 N–H and O–H groups in total. The van der Waals surface area contributed by atoms with Gasteiger partial charge in [0.1, 0.15) is 5.82 Å². The molecule has 5 nitrogen and oxygen atoms in total. The summed E-state index contributed by atoms with van der Waals surface area (Å²) in [5.74, 6) is -1.44. The number of nitrogens with one attached hydrogen (secondary N) is 1. The second-order valence-electron chi connectivity index (χ2n) is 2.52. The van der Waals surface area contributed by atoms with Gasteiger partial charge in [-0.25, -0.2) is 9.78 Å². The molecule has 1 rings (SSSR count). The minimum absolute atomic E-state index is 0.305. The second kappa shape index (κ2) is 5.11. The number of pyridine rings is 1.